The van der Waals surface area contributed by atoms with Crippen molar-refractivity contribution in [3.8, 4) is 0 Å². The fraction of sp³-hybridized carbons (Fsp3) is 0.481. The van der Waals surface area contributed by atoms with Crippen LogP contribution < -0.4 is 0 Å². The van der Waals surface area contributed by atoms with E-state index < -0.39 is 8.41 Å². The smallest absolute Gasteiger partial charge is 0.246 e. The molecule has 0 aliphatic carbocycles. The molecule has 2 heterocycles. The van der Waals surface area contributed by atoms with Crippen molar-refractivity contribution >= 4 is 31.0 Å². The number of benzene rings is 2. The second kappa shape index (κ2) is 11.6. The molecule has 188 valence electrons. The Hall–Kier alpha value is -1.62. The Morgan fingerprint density at radius 3 is 2.46 bits per heavy atom. The van der Waals surface area contributed by atoms with E-state index in [4.69, 9.17) is 4.74 Å². The maximum Gasteiger partial charge on any atom is 0.246 e. The van der Waals surface area contributed by atoms with Gasteiger partial charge in [-0.25, -0.2) is 0 Å². The van der Waals surface area contributed by atoms with Gasteiger partial charge >= 0.3 is 0 Å². The number of hydrogen-bond acceptors (Lipinski definition) is 4. The predicted molar refractivity (Wildman–Crippen MR) is 148 cm³/mol. The molecule has 1 unspecified atom stereocenters. The molecule has 1 aromatic heterocycles. The Morgan fingerprint density at radius 2 is 1.80 bits per heavy atom. The average Bonchev–Trinajstić information content (AvgIpc) is 3.42. The summed E-state index contributed by atoms with van der Waals surface area (Å²) in [6, 6.07) is 18.4. The van der Waals surface area contributed by atoms with E-state index in [0.29, 0.717) is 13.0 Å². The molecule has 5 atom stereocenters. The van der Waals surface area contributed by atoms with Crippen LogP contribution in [0, 0.1) is 9.49 Å². The van der Waals surface area contributed by atoms with Crippen molar-refractivity contribution in [2.24, 2.45) is 5.92 Å². The lowest BCUT2D eigenvalue weighted by Gasteiger charge is -2.28. The quantitative estimate of drug-likeness (QED) is 0.175. The van der Waals surface area contributed by atoms with Gasteiger partial charge in [-0.2, -0.15) is 0 Å². The van der Waals surface area contributed by atoms with Gasteiger partial charge in [-0.3, -0.25) is 4.68 Å². The highest BCUT2D eigenvalue weighted by Crippen LogP contribution is 2.47. The van der Waals surface area contributed by atoms with Crippen molar-refractivity contribution in [3.63, 3.8) is 0 Å². The van der Waals surface area contributed by atoms with Crippen LogP contribution in [-0.2, 0) is 17.7 Å². The topological polar surface area (TPSA) is 60.2 Å². The first-order chi connectivity index (χ1) is 16.8. The zero-order valence-corrected chi connectivity index (χ0v) is 23.8. The molecule has 1 N–H and O–H groups in total. The summed E-state index contributed by atoms with van der Waals surface area (Å²) in [6.07, 6.45) is 4.39. The van der Waals surface area contributed by atoms with E-state index in [9.17, 15) is 5.11 Å². The first-order valence-corrected chi connectivity index (χ1v) is 16.4. The van der Waals surface area contributed by atoms with Crippen LogP contribution in [0.4, 0.5) is 4.11 Å². The van der Waals surface area contributed by atoms with E-state index in [1.165, 1.54) is 9.13 Å². The van der Waals surface area contributed by atoms with Crippen molar-refractivity contribution in [2.45, 2.75) is 69.5 Å². The number of nitrogens with zero attached hydrogens (tertiary/aromatic N) is 3. The Bertz CT molecular complexity index is 1070. The number of rotatable bonds is 10. The van der Waals surface area contributed by atoms with Crippen LogP contribution in [0.15, 0.2) is 60.8 Å². The van der Waals surface area contributed by atoms with E-state index in [1.54, 1.807) is 4.68 Å². The lowest BCUT2D eigenvalue weighted by Crippen LogP contribution is -2.36. The highest BCUT2D eigenvalue weighted by atomic mass is 127. The second-order valence-electron chi connectivity index (χ2n) is 10.2. The van der Waals surface area contributed by atoms with Crippen LogP contribution in [0.5, 0.6) is 0 Å². The predicted octanol–water partition coefficient (Wildman–Crippen LogP) is 5.98. The summed E-state index contributed by atoms with van der Waals surface area (Å²) >= 11 is 2.32. The van der Waals surface area contributed by atoms with Gasteiger partial charge in [0.15, 0.2) is 0 Å². The third-order valence-electron chi connectivity index (χ3n) is 7.27. The molecule has 2 aromatic carbocycles. The maximum absolute atomic E-state index is 15.4. The molecule has 0 radical (unpaired) electrons. The zero-order chi connectivity index (χ0) is 25.0. The molecule has 5 nitrogen and oxygen atoms in total. The van der Waals surface area contributed by atoms with Crippen molar-refractivity contribution in [2.75, 3.05) is 6.61 Å². The summed E-state index contributed by atoms with van der Waals surface area (Å²) in [5.41, 5.74) is 3.01. The lowest BCUT2D eigenvalue weighted by molar-refractivity contribution is 0.0247. The first-order valence-electron chi connectivity index (χ1n) is 12.4. The van der Waals surface area contributed by atoms with Crippen LogP contribution in [-0.4, -0.2) is 47.3 Å². The van der Waals surface area contributed by atoms with Gasteiger partial charge in [-0.05, 0) is 84.1 Å². The van der Waals surface area contributed by atoms with Crippen molar-refractivity contribution in [1.29, 1.82) is 0 Å². The van der Waals surface area contributed by atoms with Crippen LogP contribution in [0.1, 0.15) is 42.5 Å². The van der Waals surface area contributed by atoms with Crippen molar-refractivity contribution < 1.29 is 14.0 Å². The largest absolute Gasteiger partial charge is 0.395 e. The van der Waals surface area contributed by atoms with Gasteiger partial charge in [-0.1, -0.05) is 54.6 Å². The third kappa shape index (κ3) is 6.58. The van der Waals surface area contributed by atoms with Crippen LogP contribution in [0.3, 0.4) is 0 Å². The number of aromatic nitrogens is 3. The molecule has 0 bridgehead atoms. The van der Waals surface area contributed by atoms with Crippen LogP contribution in [0.2, 0.25) is 18.6 Å². The minimum absolute atomic E-state index is 0.0298. The van der Waals surface area contributed by atoms with Gasteiger partial charge in [0.1, 0.15) is 0 Å². The number of ether oxygens (including phenoxy) is 1. The third-order valence-corrected chi connectivity index (χ3v) is 10.5. The van der Waals surface area contributed by atoms with E-state index in [1.807, 2.05) is 49.6 Å². The summed E-state index contributed by atoms with van der Waals surface area (Å²) in [4.78, 5) is 0. The van der Waals surface area contributed by atoms with Gasteiger partial charge < -0.3 is 14.0 Å². The van der Waals surface area contributed by atoms with E-state index >= 15 is 4.11 Å². The number of hydrogen-bond donors (Lipinski definition) is 1. The van der Waals surface area contributed by atoms with Gasteiger partial charge in [0.25, 0.3) is 0 Å². The molecule has 8 heteroatoms. The Kier molecular flexibility index (Phi) is 8.78. The van der Waals surface area contributed by atoms with Gasteiger partial charge in [0, 0.05) is 21.9 Å². The summed E-state index contributed by atoms with van der Waals surface area (Å²) in [5.74, 6) is -0.0121. The average molecular weight is 608 g/mol. The molecule has 1 fully saturated rings. The van der Waals surface area contributed by atoms with Crippen molar-refractivity contribution in [1.82, 2.24) is 15.0 Å². The molecule has 3 aromatic rings. The molecule has 1 aliphatic rings. The number of aliphatic hydroxyl groups excluding tert-OH is 1. The second-order valence-corrected chi connectivity index (χ2v) is 15.2. The zero-order valence-electron chi connectivity index (χ0n) is 20.6. The summed E-state index contributed by atoms with van der Waals surface area (Å²) < 4.78 is 25.0. The molecule has 0 amide bonds. The van der Waals surface area contributed by atoms with Crippen molar-refractivity contribution in [3.05, 3.63) is 81.2 Å². The van der Waals surface area contributed by atoms with E-state index in [0.717, 1.165) is 24.1 Å². The Morgan fingerprint density at radius 1 is 1.09 bits per heavy atom. The summed E-state index contributed by atoms with van der Waals surface area (Å²) in [5, 5.41) is 18.6. The minimum atomic E-state index is -2.91. The Labute approximate surface area is 222 Å². The van der Waals surface area contributed by atoms with E-state index in [-0.39, 0.29) is 36.2 Å². The van der Waals surface area contributed by atoms with Gasteiger partial charge in [0.05, 0.1) is 30.4 Å². The number of aliphatic hydroxyl groups is 1. The molecule has 35 heavy (non-hydrogen) atoms. The minimum Gasteiger partial charge on any atom is -0.395 e. The molecular weight excluding hydrogens is 572 g/mol. The normalized spacial score (nSPS) is 23.5. The molecule has 4 rings (SSSR count). The fourth-order valence-corrected chi connectivity index (χ4v) is 8.46. The van der Waals surface area contributed by atoms with E-state index in [2.05, 4.69) is 64.1 Å². The highest BCUT2D eigenvalue weighted by Gasteiger charge is 2.50. The fourth-order valence-electron chi connectivity index (χ4n) is 5.51. The standard InChI is InChI=1S/C27H35FIN3O2Si/c1-19-25(14-11-20-9-12-22(29)13-10-20)34-26(27(19)35(2,3)28)15-16-32-17-24(30-31-32)23(18-33)21-7-5-4-6-8-21/h4-10,12-13,17,19,23,25-27,33H,11,14-16,18H2,1-3H3/t19-,23?,25+,26-,27+/m0/s1. The SMILES string of the molecule is C[C@@H]1[C@@H]([Si](C)(C)F)[C@H](CCn2cc(C(CO)c3ccccc3)nn2)O[C@@H]1CCc1ccc(I)cc1. The van der Waals surface area contributed by atoms with Gasteiger partial charge in [-0.15, -0.1) is 5.10 Å². The Balaban J connectivity index is 1.40. The number of aryl methyl sites for hydroxylation is 2. The molecule has 1 saturated heterocycles. The highest BCUT2D eigenvalue weighted by molar-refractivity contribution is 14.1. The summed E-state index contributed by atoms with van der Waals surface area (Å²) in [6.45, 7) is 6.37. The summed E-state index contributed by atoms with van der Waals surface area (Å²) in [7, 11) is -2.91. The monoisotopic (exact) mass is 607 g/mol. The molecule has 0 spiro atoms. The van der Waals surface area contributed by atoms with Crippen LogP contribution >= 0.6 is 22.6 Å². The molecule has 0 saturated carbocycles. The van der Waals surface area contributed by atoms with Gasteiger partial charge in [0.2, 0.25) is 8.41 Å². The first kappa shape index (κ1) is 26.4. The number of halogens is 2. The lowest BCUT2D eigenvalue weighted by atomic mass is 9.95. The maximum atomic E-state index is 15.4. The van der Waals surface area contributed by atoms with Crippen LogP contribution in [0.25, 0.3) is 0 Å². The molecule has 1 aliphatic heterocycles. The molecular formula is C27H35FIN3O2Si.